The van der Waals surface area contributed by atoms with E-state index in [0.717, 1.165) is 0 Å². The van der Waals surface area contributed by atoms with E-state index in [0.29, 0.717) is 43.2 Å². The molecule has 1 saturated heterocycles. The third kappa shape index (κ3) is 3.73. The van der Waals surface area contributed by atoms with E-state index in [9.17, 15) is 9.59 Å². The molecule has 0 aromatic heterocycles. The third-order valence-corrected chi connectivity index (χ3v) is 3.91. The number of nitrogens with zero attached hydrogens (tertiary/aromatic N) is 2. The highest BCUT2D eigenvalue weighted by Gasteiger charge is 2.27. The number of benzene rings is 1. The van der Waals surface area contributed by atoms with Crippen molar-refractivity contribution < 1.29 is 19.1 Å². The van der Waals surface area contributed by atoms with Gasteiger partial charge in [0.25, 0.3) is 5.91 Å². The van der Waals surface area contributed by atoms with Crippen molar-refractivity contribution in [1.29, 1.82) is 0 Å². The van der Waals surface area contributed by atoms with Gasteiger partial charge in [0.05, 0.1) is 25.8 Å². The molecule has 1 aromatic rings. The fourth-order valence-corrected chi connectivity index (χ4v) is 2.56. The molecule has 0 spiro atoms. The molecule has 126 valence electrons. The van der Waals surface area contributed by atoms with Crippen LogP contribution in [0.3, 0.4) is 0 Å². The number of hydrogen-bond acceptors (Lipinski definition) is 5. The predicted octanol–water partition coefficient (Wildman–Crippen LogP) is 0.335. The fraction of sp³-hybridized carbons (Fsp3) is 0.500. The summed E-state index contributed by atoms with van der Waals surface area (Å²) >= 11 is 0. The number of rotatable bonds is 4. The van der Waals surface area contributed by atoms with E-state index in [1.54, 1.807) is 42.0 Å². The van der Waals surface area contributed by atoms with Gasteiger partial charge < -0.3 is 25.0 Å². The molecule has 1 aromatic carbocycles. The van der Waals surface area contributed by atoms with Gasteiger partial charge in [0.1, 0.15) is 11.5 Å². The number of carbonyl (C=O) groups is 2. The minimum absolute atomic E-state index is 0.0841. The van der Waals surface area contributed by atoms with Crippen LogP contribution in [0.25, 0.3) is 0 Å². The highest BCUT2D eigenvalue weighted by atomic mass is 16.5. The monoisotopic (exact) mass is 321 g/mol. The lowest BCUT2D eigenvalue weighted by Crippen LogP contribution is -2.53. The van der Waals surface area contributed by atoms with E-state index in [2.05, 4.69) is 0 Å². The molecule has 23 heavy (non-hydrogen) atoms. The fourth-order valence-electron chi connectivity index (χ4n) is 2.56. The van der Waals surface area contributed by atoms with E-state index < -0.39 is 6.04 Å². The second-order valence-corrected chi connectivity index (χ2v) is 5.47. The standard InChI is InChI=1S/C16H23N3O4/c1-11(17)15(20)18-6-8-19(9-7-18)16(21)13-5-4-12(22-2)10-14(13)23-3/h4-5,10-11H,6-9,17H2,1-3H3/t11-/m1/s1. The summed E-state index contributed by atoms with van der Waals surface area (Å²) in [5.41, 5.74) is 6.10. The molecule has 1 aliphatic rings. The number of carbonyl (C=O) groups excluding carboxylic acids is 2. The van der Waals surface area contributed by atoms with Crippen LogP contribution >= 0.6 is 0 Å². The second-order valence-electron chi connectivity index (χ2n) is 5.47. The molecule has 0 aliphatic carbocycles. The van der Waals surface area contributed by atoms with Gasteiger partial charge in [-0.3, -0.25) is 9.59 Å². The van der Waals surface area contributed by atoms with Crippen molar-refractivity contribution in [3.8, 4) is 11.5 Å². The highest BCUT2D eigenvalue weighted by Crippen LogP contribution is 2.26. The highest BCUT2D eigenvalue weighted by molar-refractivity contribution is 5.97. The van der Waals surface area contributed by atoms with Gasteiger partial charge in [-0.25, -0.2) is 0 Å². The first-order chi connectivity index (χ1) is 11.0. The van der Waals surface area contributed by atoms with Crippen LogP contribution in [-0.4, -0.2) is 68.1 Å². The number of methoxy groups -OCH3 is 2. The zero-order valence-corrected chi connectivity index (χ0v) is 13.7. The summed E-state index contributed by atoms with van der Waals surface area (Å²) < 4.78 is 10.4. The molecule has 0 bridgehead atoms. The molecule has 1 aliphatic heterocycles. The summed E-state index contributed by atoms with van der Waals surface area (Å²) in [6, 6.07) is 4.59. The van der Waals surface area contributed by atoms with E-state index in [-0.39, 0.29) is 11.8 Å². The summed E-state index contributed by atoms with van der Waals surface area (Å²) in [6.45, 7) is 3.61. The maximum atomic E-state index is 12.7. The predicted molar refractivity (Wildman–Crippen MR) is 85.7 cm³/mol. The van der Waals surface area contributed by atoms with Gasteiger partial charge in [-0.15, -0.1) is 0 Å². The van der Waals surface area contributed by atoms with E-state index in [4.69, 9.17) is 15.2 Å². The van der Waals surface area contributed by atoms with Gasteiger partial charge in [0, 0.05) is 32.2 Å². The lowest BCUT2D eigenvalue weighted by Gasteiger charge is -2.35. The summed E-state index contributed by atoms with van der Waals surface area (Å²) in [6.07, 6.45) is 0. The number of hydrogen-bond donors (Lipinski definition) is 1. The number of amides is 2. The first-order valence-corrected chi connectivity index (χ1v) is 7.53. The second kappa shape index (κ2) is 7.32. The van der Waals surface area contributed by atoms with Gasteiger partial charge >= 0.3 is 0 Å². The Morgan fingerprint density at radius 1 is 1.09 bits per heavy atom. The first-order valence-electron chi connectivity index (χ1n) is 7.53. The Labute approximate surface area is 135 Å². The lowest BCUT2D eigenvalue weighted by atomic mass is 10.1. The quantitative estimate of drug-likeness (QED) is 0.864. The topological polar surface area (TPSA) is 85.1 Å². The van der Waals surface area contributed by atoms with Gasteiger partial charge in [-0.2, -0.15) is 0 Å². The lowest BCUT2D eigenvalue weighted by molar-refractivity contribution is -0.133. The van der Waals surface area contributed by atoms with Crippen LogP contribution in [0.2, 0.25) is 0 Å². The molecule has 1 heterocycles. The van der Waals surface area contributed by atoms with Crippen molar-refractivity contribution >= 4 is 11.8 Å². The zero-order valence-electron chi connectivity index (χ0n) is 13.7. The average molecular weight is 321 g/mol. The largest absolute Gasteiger partial charge is 0.497 e. The zero-order chi connectivity index (χ0) is 17.0. The first kappa shape index (κ1) is 17.1. The van der Waals surface area contributed by atoms with Crippen LogP contribution in [-0.2, 0) is 4.79 Å². The molecule has 0 saturated carbocycles. The van der Waals surface area contributed by atoms with Crippen LogP contribution in [0.4, 0.5) is 0 Å². The number of piperazine rings is 1. The minimum Gasteiger partial charge on any atom is -0.497 e. The maximum absolute atomic E-state index is 12.7. The van der Waals surface area contributed by atoms with Gasteiger partial charge in [0.15, 0.2) is 0 Å². The molecule has 1 atom stereocenters. The third-order valence-electron chi connectivity index (χ3n) is 3.91. The molecule has 2 amide bonds. The van der Waals surface area contributed by atoms with Crippen LogP contribution in [0.1, 0.15) is 17.3 Å². The Bertz CT molecular complexity index is 581. The summed E-state index contributed by atoms with van der Waals surface area (Å²) in [5, 5.41) is 0. The van der Waals surface area contributed by atoms with E-state index in [1.165, 1.54) is 7.11 Å². The van der Waals surface area contributed by atoms with E-state index in [1.807, 2.05) is 0 Å². The normalized spacial score (nSPS) is 16.0. The Morgan fingerprint density at radius 2 is 1.70 bits per heavy atom. The smallest absolute Gasteiger partial charge is 0.257 e. The molecule has 2 N–H and O–H groups in total. The Morgan fingerprint density at radius 3 is 2.22 bits per heavy atom. The maximum Gasteiger partial charge on any atom is 0.257 e. The van der Waals surface area contributed by atoms with E-state index >= 15 is 0 Å². The Hall–Kier alpha value is -2.28. The molecule has 2 rings (SSSR count). The van der Waals surface area contributed by atoms with Crippen molar-refractivity contribution in [3.63, 3.8) is 0 Å². The molecule has 7 heteroatoms. The van der Waals surface area contributed by atoms with Crippen LogP contribution in [0.5, 0.6) is 11.5 Å². The summed E-state index contributed by atoms with van der Waals surface area (Å²) in [4.78, 5) is 28.0. The Kier molecular flexibility index (Phi) is 5.44. The average Bonchev–Trinajstić information content (AvgIpc) is 2.59. The summed E-state index contributed by atoms with van der Waals surface area (Å²) in [7, 11) is 3.08. The number of nitrogens with two attached hydrogens (primary N) is 1. The molecule has 0 radical (unpaired) electrons. The van der Waals surface area contributed by atoms with Crippen molar-refractivity contribution in [2.24, 2.45) is 5.73 Å². The van der Waals surface area contributed by atoms with Crippen molar-refractivity contribution in [3.05, 3.63) is 23.8 Å². The SMILES string of the molecule is COc1ccc(C(=O)N2CCN(C(=O)[C@@H](C)N)CC2)c(OC)c1. The molecule has 0 unspecified atom stereocenters. The van der Waals surface area contributed by atoms with Gasteiger partial charge in [-0.1, -0.05) is 0 Å². The minimum atomic E-state index is -0.515. The molecular formula is C16H23N3O4. The van der Waals surface area contributed by atoms with Crippen LogP contribution < -0.4 is 15.2 Å². The number of ether oxygens (including phenoxy) is 2. The molecular weight excluding hydrogens is 298 g/mol. The summed E-state index contributed by atoms with van der Waals surface area (Å²) in [5.74, 6) is 0.908. The van der Waals surface area contributed by atoms with Gasteiger partial charge in [0.2, 0.25) is 5.91 Å². The van der Waals surface area contributed by atoms with Crippen molar-refractivity contribution in [1.82, 2.24) is 9.80 Å². The Balaban J connectivity index is 2.07. The van der Waals surface area contributed by atoms with Crippen molar-refractivity contribution in [2.45, 2.75) is 13.0 Å². The van der Waals surface area contributed by atoms with Crippen LogP contribution in [0, 0.1) is 0 Å². The van der Waals surface area contributed by atoms with Gasteiger partial charge in [-0.05, 0) is 19.1 Å². The molecule has 1 fully saturated rings. The van der Waals surface area contributed by atoms with Crippen molar-refractivity contribution in [2.75, 3.05) is 40.4 Å². The van der Waals surface area contributed by atoms with Crippen LogP contribution in [0.15, 0.2) is 18.2 Å². The molecule has 7 nitrogen and oxygen atoms in total.